The first kappa shape index (κ1) is 12.7. The van der Waals surface area contributed by atoms with Crippen molar-refractivity contribution in [1.29, 1.82) is 0 Å². The number of aromatic hydroxyl groups is 1. The van der Waals surface area contributed by atoms with E-state index in [0.717, 1.165) is 11.8 Å². The Bertz CT molecular complexity index is 528. The molecule has 5 nitrogen and oxygen atoms in total. The Morgan fingerprint density at radius 3 is 2.72 bits per heavy atom. The van der Waals surface area contributed by atoms with E-state index in [4.69, 9.17) is 0 Å². The average Bonchev–Trinajstić information content (AvgIpc) is 2.60. The number of carbonyl (C=O) groups excluding carboxylic acids is 2. The first-order chi connectivity index (χ1) is 8.63. The Morgan fingerprint density at radius 1 is 1.33 bits per heavy atom. The van der Waals surface area contributed by atoms with Crippen LogP contribution in [0.15, 0.2) is 29.2 Å². The Morgan fingerprint density at radius 2 is 2.06 bits per heavy atom. The molecule has 0 aromatic heterocycles. The number of carbonyl (C=O) groups is 2. The van der Waals surface area contributed by atoms with Crippen LogP contribution in [0.3, 0.4) is 0 Å². The van der Waals surface area contributed by atoms with Gasteiger partial charge in [0, 0.05) is 5.56 Å². The van der Waals surface area contributed by atoms with E-state index < -0.39 is 0 Å². The van der Waals surface area contributed by atoms with Crippen LogP contribution in [0.5, 0.6) is 5.75 Å². The molecule has 1 heterocycles. The maximum atomic E-state index is 11.9. The van der Waals surface area contributed by atoms with Crippen LogP contribution < -0.4 is 5.73 Å². The highest BCUT2D eigenvalue weighted by Crippen LogP contribution is 2.33. The van der Waals surface area contributed by atoms with Crippen LogP contribution in [0.2, 0.25) is 0 Å². The van der Waals surface area contributed by atoms with Crippen molar-refractivity contribution in [3.05, 3.63) is 34.7 Å². The molecule has 0 unspecified atom stereocenters. The van der Waals surface area contributed by atoms with Gasteiger partial charge >= 0.3 is 0 Å². The molecule has 1 aromatic rings. The number of para-hydroxylation sites is 1. The molecular weight excluding hydrogens is 252 g/mol. The minimum absolute atomic E-state index is 0.0847. The van der Waals surface area contributed by atoms with Crippen LogP contribution in [-0.2, 0) is 4.79 Å². The number of phenols is 1. The van der Waals surface area contributed by atoms with Crippen molar-refractivity contribution in [2.75, 3.05) is 13.1 Å². The number of hydrogen-bond donors (Lipinski definition) is 2. The molecule has 94 valence electrons. The Balaban J connectivity index is 2.28. The maximum absolute atomic E-state index is 11.9. The van der Waals surface area contributed by atoms with Crippen molar-refractivity contribution < 1.29 is 20.4 Å². The summed E-state index contributed by atoms with van der Waals surface area (Å²) in [5, 5.41) is 9.33. The van der Waals surface area contributed by atoms with Gasteiger partial charge in [-0.1, -0.05) is 18.2 Å². The minimum Gasteiger partial charge on any atom is -0.507 e. The molecule has 0 atom stereocenters. The second-order valence-electron chi connectivity index (χ2n) is 3.75. The van der Waals surface area contributed by atoms with Gasteiger partial charge in [-0.05, 0) is 23.9 Å². The van der Waals surface area contributed by atoms with Crippen LogP contribution in [0.4, 0.5) is 4.79 Å². The number of quaternary nitrogens is 1. The number of amides is 2. The molecule has 0 bridgehead atoms. The lowest BCUT2D eigenvalue weighted by Gasteiger charge is -2.08. The number of nitrogens with zero attached hydrogens (tertiary/aromatic N) is 1. The van der Waals surface area contributed by atoms with Gasteiger partial charge in [-0.3, -0.25) is 14.5 Å². The van der Waals surface area contributed by atoms with Crippen molar-refractivity contribution in [1.82, 2.24) is 4.90 Å². The van der Waals surface area contributed by atoms with E-state index in [9.17, 15) is 14.7 Å². The molecule has 4 N–H and O–H groups in total. The molecular formula is C12H13N2O3S+. The molecule has 1 aromatic carbocycles. The highest BCUT2D eigenvalue weighted by atomic mass is 32.2. The highest BCUT2D eigenvalue weighted by Gasteiger charge is 2.34. The van der Waals surface area contributed by atoms with Crippen LogP contribution in [-0.4, -0.2) is 34.2 Å². The van der Waals surface area contributed by atoms with Crippen molar-refractivity contribution in [2.24, 2.45) is 0 Å². The predicted molar refractivity (Wildman–Crippen MR) is 68.5 cm³/mol. The monoisotopic (exact) mass is 265 g/mol. The number of imide groups is 1. The van der Waals surface area contributed by atoms with Gasteiger partial charge in [0.25, 0.3) is 11.1 Å². The molecule has 0 saturated carbocycles. The molecule has 2 rings (SSSR count). The van der Waals surface area contributed by atoms with Gasteiger partial charge in [-0.2, -0.15) is 0 Å². The minimum atomic E-state index is -0.322. The molecule has 6 heteroatoms. The Labute approximate surface area is 108 Å². The first-order valence-corrected chi connectivity index (χ1v) is 6.27. The summed E-state index contributed by atoms with van der Waals surface area (Å²) in [4.78, 5) is 25.0. The summed E-state index contributed by atoms with van der Waals surface area (Å²) < 4.78 is 0. The van der Waals surface area contributed by atoms with E-state index in [1.54, 1.807) is 18.2 Å². The standard InChI is InChI=1S/C12H12N2O3S/c13-5-6-14-11(16)10(18-12(14)17)7-8-3-1-2-4-9(8)15/h1-4,7,15H,5-6,13H2/p+1. The Kier molecular flexibility index (Phi) is 3.69. The zero-order chi connectivity index (χ0) is 13.1. The third kappa shape index (κ3) is 2.39. The molecule has 1 aliphatic heterocycles. The molecule has 0 spiro atoms. The predicted octanol–water partition coefficient (Wildman–Crippen LogP) is 0.670. The summed E-state index contributed by atoms with van der Waals surface area (Å²) >= 11 is 0.885. The van der Waals surface area contributed by atoms with Gasteiger partial charge in [-0.15, -0.1) is 0 Å². The number of rotatable bonds is 3. The second-order valence-corrected chi connectivity index (χ2v) is 4.74. The van der Waals surface area contributed by atoms with Crippen LogP contribution in [0, 0.1) is 0 Å². The lowest BCUT2D eigenvalue weighted by molar-refractivity contribution is -0.367. The van der Waals surface area contributed by atoms with Gasteiger partial charge in [0.05, 0.1) is 18.0 Å². The quantitative estimate of drug-likeness (QED) is 0.787. The first-order valence-electron chi connectivity index (χ1n) is 5.46. The lowest BCUT2D eigenvalue weighted by atomic mass is 10.2. The second kappa shape index (κ2) is 5.24. The molecule has 18 heavy (non-hydrogen) atoms. The fraction of sp³-hybridized carbons (Fsp3) is 0.167. The molecule has 1 saturated heterocycles. The van der Waals surface area contributed by atoms with Gasteiger partial charge in [0.15, 0.2) is 0 Å². The van der Waals surface area contributed by atoms with Crippen LogP contribution in [0.1, 0.15) is 5.56 Å². The van der Waals surface area contributed by atoms with E-state index in [1.807, 2.05) is 0 Å². The van der Waals surface area contributed by atoms with E-state index in [2.05, 4.69) is 5.73 Å². The molecule has 0 aliphatic carbocycles. The van der Waals surface area contributed by atoms with Crippen molar-refractivity contribution in [3.63, 3.8) is 0 Å². The zero-order valence-electron chi connectivity index (χ0n) is 9.63. The highest BCUT2D eigenvalue weighted by molar-refractivity contribution is 8.18. The number of phenolic OH excluding ortho intramolecular Hbond substituents is 1. The normalized spacial score (nSPS) is 17.8. The average molecular weight is 265 g/mol. The van der Waals surface area contributed by atoms with Gasteiger partial charge in [0.2, 0.25) is 0 Å². The largest absolute Gasteiger partial charge is 0.507 e. The van der Waals surface area contributed by atoms with Crippen molar-refractivity contribution in [3.8, 4) is 5.75 Å². The van der Waals surface area contributed by atoms with Gasteiger partial charge < -0.3 is 10.8 Å². The smallest absolute Gasteiger partial charge is 0.293 e. The summed E-state index contributed by atoms with van der Waals surface area (Å²) in [6, 6.07) is 6.67. The topological polar surface area (TPSA) is 85.2 Å². The molecule has 1 aliphatic rings. The maximum Gasteiger partial charge on any atom is 0.293 e. The Hall–Kier alpha value is -1.79. The van der Waals surface area contributed by atoms with E-state index in [1.165, 1.54) is 17.0 Å². The van der Waals surface area contributed by atoms with E-state index >= 15 is 0 Å². The van der Waals surface area contributed by atoms with Gasteiger partial charge in [-0.25, -0.2) is 0 Å². The summed E-state index contributed by atoms with van der Waals surface area (Å²) in [7, 11) is 0. The number of benzene rings is 1. The SMILES string of the molecule is [NH3+]CCN1C(=O)SC(=Cc2ccccc2O)C1=O. The van der Waals surface area contributed by atoms with Crippen molar-refractivity contribution >= 4 is 29.0 Å². The number of hydrogen-bond acceptors (Lipinski definition) is 4. The summed E-state index contributed by atoms with van der Waals surface area (Å²) in [6.07, 6.45) is 1.53. The van der Waals surface area contributed by atoms with Crippen molar-refractivity contribution in [2.45, 2.75) is 0 Å². The summed E-state index contributed by atoms with van der Waals surface area (Å²) in [5.74, 6) is -0.238. The van der Waals surface area contributed by atoms with E-state index in [0.29, 0.717) is 23.6 Å². The fourth-order valence-corrected chi connectivity index (χ4v) is 2.46. The third-order valence-electron chi connectivity index (χ3n) is 2.48. The van der Waals surface area contributed by atoms with Crippen LogP contribution >= 0.6 is 11.8 Å². The molecule has 2 amide bonds. The molecule has 1 fully saturated rings. The summed E-state index contributed by atoms with van der Waals surface area (Å²) in [5.41, 5.74) is 4.15. The zero-order valence-corrected chi connectivity index (χ0v) is 10.4. The number of thioether (sulfide) groups is 1. The lowest BCUT2D eigenvalue weighted by Crippen LogP contribution is -2.55. The van der Waals surface area contributed by atoms with Gasteiger partial charge in [0.1, 0.15) is 5.75 Å². The third-order valence-corrected chi connectivity index (χ3v) is 3.39. The van der Waals surface area contributed by atoms with E-state index in [-0.39, 0.29) is 16.9 Å². The molecule has 0 radical (unpaired) electrons. The summed E-state index contributed by atoms with van der Waals surface area (Å²) in [6.45, 7) is 0.810. The van der Waals surface area contributed by atoms with Crippen LogP contribution in [0.25, 0.3) is 6.08 Å². The fourth-order valence-electron chi connectivity index (χ4n) is 1.60.